The van der Waals surface area contributed by atoms with Crippen molar-refractivity contribution in [2.75, 3.05) is 7.05 Å². The van der Waals surface area contributed by atoms with Gasteiger partial charge in [0.25, 0.3) is 0 Å². The summed E-state index contributed by atoms with van der Waals surface area (Å²) in [4.78, 5) is 21.0. The van der Waals surface area contributed by atoms with Crippen molar-refractivity contribution in [3.8, 4) is 0 Å². The molecule has 1 aromatic rings. The summed E-state index contributed by atoms with van der Waals surface area (Å²) in [6.45, 7) is 0. The standard InChI is InChI=1S/C10H8O2S.CH5N/c11-7-10(13-8-12)6-9-4-2-1-3-5-9;1-2/h1-8H;2H2,1H3/b10-6-;. The van der Waals surface area contributed by atoms with Crippen LogP contribution < -0.4 is 5.73 Å². The Morgan fingerprint density at radius 1 is 1.20 bits per heavy atom. The lowest BCUT2D eigenvalue weighted by atomic mass is 10.2. The predicted octanol–water partition coefficient (Wildman–Crippen LogP) is 1.72. The van der Waals surface area contributed by atoms with Crippen LogP contribution in [0.4, 0.5) is 0 Å². The zero-order valence-corrected chi connectivity index (χ0v) is 9.24. The molecular formula is C11H13NO2S. The fraction of sp³-hybridized carbons (Fsp3) is 0.0909. The molecule has 0 atom stereocenters. The number of nitrogens with two attached hydrogens (primary N) is 1. The molecule has 0 radical (unpaired) electrons. The first kappa shape index (κ1) is 13.6. The van der Waals surface area contributed by atoms with Gasteiger partial charge in [0.1, 0.15) is 0 Å². The number of carbonyl (C=O) groups is 2. The third-order valence-corrected chi connectivity index (χ3v) is 1.99. The minimum atomic E-state index is 0.418. The molecule has 1 aromatic carbocycles. The predicted molar refractivity (Wildman–Crippen MR) is 64.9 cm³/mol. The lowest BCUT2D eigenvalue weighted by Crippen LogP contribution is -1.78. The van der Waals surface area contributed by atoms with Crippen molar-refractivity contribution in [1.29, 1.82) is 0 Å². The van der Waals surface area contributed by atoms with Crippen molar-refractivity contribution in [3.05, 3.63) is 40.8 Å². The van der Waals surface area contributed by atoms with E-state index in [9.17, 15) is 9.59 Å². The fourth-order valence-corrected chi connectivity index (χ4v) is 1.24. The number of rotatable bonds is 4. The molecule has 0 unspecified atom stereocenters. The molecular weight excluding hydrogens is 210 g/mol. The van der Waals surface area contributed by atoms with Crippen LogP contribution in [0.15, 0.2) is 35.2 Å². The van der Waals surface area contributed by atoms with E-state index in [0.717, 1.165) is 17.3 Å². The quantitative estimate of drug-likeness (QED) is 0.623. The van der Waals surface area contributed by atoms with Gasteiger partial charge in [-0.15, -0.1) is 0 Å². The minimum absolute atomic E-state index is 0.418. The minimum Gasteiger partial charge on any atom is -0.333 e. The second-order valence-electron chi connectivity index (χ2n) is 2.29. The SMILES string of the molecule is CN.O=CS/C(C=O)=C\c1ccccc1. The largest absolute Gasteiger partial charge is 0.333 e. The number of carbonyl (C=O) groups excluding carboxylic acids is 2. The molecule has 1 rings (SSSR count). The van der Waals surface area contributed by atoms with Crippen molar-refractivity contribution < 1.29 is 9.59 Å². The normalized spacial score (nSPS) is 9.87. The maximum Gasteiger partial charge on any atom is 0.181 e. The third-order valence-electron chi connectivity index (χ3n) is 1.41. The molecule has 0 aliphatic heterocycles. The topological polar surface area (TPSA) is 60.2 Å². The van der Waals surface area contributed by atoms with Gasteiger partial charge in [-0.25, -0.2) is 0 Å². The van der Waals surface area contributed by atoms with Gasteiger partial charge in [0.05, 0.1) is 4.91 Å². The molecule has 80 valence electrons. The Balaban J connectivity index is 0.000000921. The summed E-state index contributed by atoms with van der Waals surface area (Å²) in [7, 11) is 1.50. The van der Waals surface area contributed by atoms with Crippen LogP contribution in [-0.2, 0) is 9.59 Å². The van der Waals surface area contributed by atoms with Crippen LogP contribution in [0.5, 0.6) is 0 Å². The lowest BCUT2D eigenvalue weighted by molar-refractivity contribution is -0.104. The number of allylic oxidation sites excluding steroid dienone is 1. The monoisotopic (exact) mass is 223 g/mol. The summed E-state index contributed by atoms with van der Waals surface area (Å²) in [5.74, 6) is 0. The van der Waals surface area contributed by atoms with Crippen molar-refractivity contribution in [2.24, 2.45) is 5.73 Å². The summed E-state index contributed by atoms with van der Waals surface area (Å²) in [5, 5.41) is 0. The fourth-order valence-electron chi connectivity index (χ4n) is 0.865. The maximum atomic E-state index is 10.5. The molecule has 0 aliphatic rings. The van der Waals surface area contributed by atoms with Crippen molar-refractivity contribution >= 4 is 29.7 Å². The Morgan fingerprint density at radius 2 is 1.80 bits per heavy atom. The van der Waals surface area contributed by atoms with Crippen LogP contribution in [0, 0.1) is 0 Å². The highest BCUT2D eigenvalue weighted by Gasteiger charge is 1.94. The first-order chi connectivity index (χ1) is 7.36. The van der Waals surface area contributed by atoms with E-state index in [1.54, 1.807) is 6.08 Å². The van der Waals surface area contributed by atoms with Crippen LogP contribution in [0.25, 0.3) is 6.08 Å². The molecule has 0 spiro atoms. The summed E-state index contributed by atoms with van der Waals surface area (Å²) in [6, 6.07) is 9.38. The van der Waals surface area contributed by atoms with Crippen LogP contribution >= 0.6 is 11.8 Å². The Labute approximate surface area is 93.4 Å². The van der Waals surface area contributed by atoms with Crippen molar-refractivity contribution in [1.82, 2.24) is 0 Å². The Kier molecular flexibility index (Phi) is 8.33. The molecule has 0 aliphatic carbocycles. The first-order valence-corrected chi connectivity index (χ1v) is 5.14. The molecule has 0 saturated heterocycles. The maximum absolute atomic E-state index is 10.5. The highest BCUT2D eigenvalue weighted by Crippen LogP contribution is 2.13. The van der Waals surface area contributed by atoms with Gasteiger partial charge in [0.15, 0.2) is 11.9 Å². The van der Waals surface area contributed by atoms with Crippen LogP contribution in [0.2, 0.25) is 0 Å². The number of aldehydes is 1. The van der Waals surface area contributed by atoms with E-state index in [0.29, 0.717) is 16.8 Å². The van der Waals surface area contributed by atoms with Gasteiger partial charge in [-0.05, 0) is 18.7 Å². The zero-order valence-electron chi connectivity index (χ0n) is 8.42. The summed E-state index contributed by atoms with van der Waals surface area (Å²) in [5.41, 5.74) is 6.06. The van der Waals surface area contributed by atoms with Gasteiger partial charge >= 0.3 is 0 Å². The second kappa shape index (κ2) is 9.18. The third kappa shape index (κ3) is 5.83. The lowest BCUT2D eigenvalue weighted by Gasteiger charge is -1.93. The Hall–Kier alpha value is -1.39. The first-order valence-electron chi connectivity index (χ1n) is 4.27. The van der Waals surface area contributed by atoms with Crippen LogP contribution in [0.1, 0.15) is 5.56 Å². The van der Waals surface area contributed by atoms with E-state index in [2.05, 4.69) is 5.73 Å². The van der Waals surface area contributed by atoms with Crippen molar-refractivity contribution in [2.45, 2.75) is 0 Å². The van der Waals surface area contributed by atoms with E-state index in [4.69, 9.17) is 0 Å². The molecule has 0 heterocycles. The van der Waals surface area contributed by atoms with Crippen LogP contribution in [-0.4, -0.2) is 19.0 Å². The average molecular weight is 223 g/mol. The van der Waals surface area contributed by atoms with E-state index in [-0.39, 0.29) is 0 Å². The van der Waals surface area contributed by atoms with E-state index in [1.165, 1.54) is 7.05 Å². The van der Waals surface area contributed by atoms with Gasteiger partial charge in [-0.2, -0.15) is 0 Å². The Bertz CT molecular complexity index is 323. The van der Waals surface area contributed by atoms with Gasteiger partial charge in [-0.3, -0.25) is 9.59 Å². The number of hydrogen-bond acceptors (Lipinski definition) is 4. The number of thioether (sulfide) groups is 1. The van der Waals surface area contributed by atoms with E-state index >= 15 is 0 Å². The van der Waals surface area contributed by atoms with E-state index in [1.807, 2.05) is 30.3 Å². The van der Waals surface area contributed by atoms with E-state index < -0.39 is 0 Å². The molecule has 0 amide bonds. The van der Waals surface area contributed by atoms with Gasteiger partial charge in [0.2, 0.25) is 0 Å². The molecule has 15 heavy (non-hydrogen) atoms. The summed E-state index contributed by atoms with van der Waals surface area (Å²) < 4.78 is 0. The number of hydrogen-bond donors (Lipinski definition) is 1. The molecule has 4 heteroatoms. The molecule has 0 aromatic heterocycles. The Morgan fingerprint density at radius 3 is 2.27 bits per heavy atom. The molecule has 0 bridgehead atoms. The zero-order chi connectivity index (χ0) is 11.5. The van der Waals surface area contributed by atoms with Crippen molar-refractivity contribution in [3.63, 3.8) is 0 Å². The van der Waals surface area contributed by atoms with Crippen LogP contribution in [0.3, 0.4) is 0 Å². The molecule has 0 fully saturated rings. The molecule has 0 saturated carbocycles. The van der Waals surface area contributed by atoms with Gasteiger partial charge in [-0.1, -0.05) is 42.1 Å². The average Bonchev–Trinajstić information content (AvgIpc) is 2.32. The number of benzene rings is 1. The van der Waals surface area contributed by atoms with Gasteiger partial charge in [0, 0.05) is 0 Å². The summed E-state index contributed by atoms with van der Waals surface area (Å²) >= 11 is 0.884. The molecule has 2 N–H and O–H groups in total. The summed E-state index contributed by atoms with van der Waals surface area (Å²) in [6.07, 6.45) is 2.35. The highest BCUT2D eigenvalue weighted by molar-refractivity contribution is 8.16. The molecule has 3 nitrogen and oxygen atoms in total. The smallest absolute Gasteiger partial charge is 0.181 e. The van der Waals surface area contributed by atoms with Gasteiger partial charge < -0.3 is 5.73 Å². The highest BCUT2D eigenvalue weighted by atomic mass is 32.2. The second-order valence-corrected chi connectivity index (χ2v) is 3.19.